The lowest BCUT2D eigenvalue weighted by Crippen LogP contribution is -2.52. The van der Waals surface area contributed by atoms with Crippen LogP contribution in [0.3, 0.4) is 0 Å². The summed E-state index contributed by atoms with van der Waals surface area (Å²) in [6.45, 7) is 10.2. The molecule has 2 rings (SSSR count). The van der Waals surface area contributed by atoms with Gasteiger partial charge < -0.3 is 15.4 Å². The number of hydrogen-bond donors (Lipinski definition) is 2. The van der Waals surface area contributed by atoms with Gasteiger partial charge in [0.1, 0.15) is 0 Å². The molecule has 0 aromatic heterocycles. The molecule has 0 radical (unpaired) electrons. The van der Waals surface area contributed by atoms with Crippen molar-refractivity contribution in [1.82, 2.24) is 10.2 Å². The molecule has 1 aliphatic rings. The second kappa shape index (κ2) is 11.0. The number of carbonyl (C=O) groups excluding carboxylic acids is 2. The van der Waals surface area contributed by atoms with E-state index in [9.17, 15) is 9.59 Å². The fraction of sp³-hybridized carbons (Fsp3) is 0.619. The highest BCUT2D eigenvalue weighted by molar-refractivity contribution is 5.97. The molecule has 0 spiro atoms. The van der Waals surface area contributed by atoms with Gasteiger partial charge >= 0.3 is 0 Å². The van der Waals surface area contributed by atoms with E-state index in [0.717, 1.165) is 39.1 Å². The van der Waals surface area contributed by atoms with Crippen LogP contribution < -0.4 is 10.6 Å². The van der Waals surface area contributed by atoms with Gasteiger partial charge in [0.15, 0.2) is 0 Å². The number of nitrogens with zero attached hydrogens (tertiary/aromatic N) is 1. The number of morpholine rings is 1. The van der Waals surface area contributed by atoms with Gasteiger partial charge in [0, 0.05) is 43.3 Å². The molecule has 1 atom stereocenters. The van der Waals surface area contributed by atoms with Crippen LogP contribution in [0.5, 0.6) is 0 Å². The first kappa shape index (κ1) is 21.4. The number of amides is 2. The molecule has 6 heteroatoms. The van der Waals surface area contributed by atoms with Crippen LogP contribution in [0, 0.1) is 5.92 Å². The lowest BCUT2D eigenvalue weighted by atomic mass is 9.92. The number of rotatable bonds is 9. The molecule has 1 saturated heterocycles. The molecule has 1 aromatic rings. The minimum Gasteiger partial charge on any atom is -0.379 e. The van der Waals surface area contributed by atoms with Crippen molar-refractivity contribution in [2.45, 2.75) is 46.1 Å². The van der Waals surface area contributed by atoms with Crippen LogP contribution in [0.4, 0.5) is 5.69 Å². The second-order valence-corrected chi connectivity index (χ2v) is 6.98. The first-order valence-electron chi connectivity index (χ1n) is 10.1. The maximum Gasteiger partial charge on any atom is 0.251 e. The number of benzene rings is 1. The molecular formula is C21H33N3O3. The quantitative estimate of drug-likeness (QED) is 0.696. The zero-order chi connectivity index (χ0) is 19.6. The molecule has 2 amide bonds. The topological polar surface area (TPSA) is 70.7 Å². The zero-order valence-electron chi connectivity index (χ0n) is 16.8. The highest BCUT2D eigenvalue weighted by Gasteiger charge is 2.27. The van der Waals surface area contributed by atoms with Gasteiger partial charge in [-0.3, -0.25) is 14.5 Å². The maximum absolute atomic E-state index is 12.7. The number of hydrogen-bond acceptors (Lipinski definition) is 4. The number of ether oxygens (including phenoxy) is 1. The molecule has 1 heterocycles. The van der Waals surface area contributed by atoms with E-state index in [1.165, 1.54) is 0 Å². The standard InChI is InChI=1S/C21H33N3O3/c1-4-16(5-2)19(24-10-12-27-13-11-24)15-22-21(26)17-8-7-9-18(14-17)23-20(25)6-3/h7-9,14,16,19H,4-6,10-13,15H2,1-3H3,(H,22,26)(H,23,25). The Morgan fingerprint density at radius 2 is 1.85 bits per heavy atom. The Bertz CT molecular complexity index is 610. The van der Waals surface area contributed by atoms with Gasteiger partial charge in [-0.2, -0.15) is 0 Å². The van der Waals surface area contributed by atoms with Crippen LogP contribution in [0.2, 0.25) is 0 Å². The van der Waals surface area contributed by atoms with Crippen molar-refractivity contribution in [3.05, 3.63) is 29.8 Å². The van der Waals surface area contributed by atoms with Gasteiger partial charge in [-0.15, -0.1) is 0 Å². The van der Waals surface area contributed by atoms with Gasteiger partial charge in [-0.05, 0) is 24.1 Å². The minimum atomic E-state index is -0.105. The Kier molecular flexibility index (Phi) is 8.75. The molecule has 1 aliphatic heterocycles. The van der Waals surface area contributed by atoms with E-state index in [1.807, 2.05) is 0 Å². The Morgan fingerprint density at radius 1 is 1.15 bits per heavy atom. The predicted octanol–water partition coefficient (Wildman–Crippen LogP) is 2.90. The van der Waals surface area contributed by atoms with E-state index in [-0.39, 0.29) is 11.8 Å². The van der Waals surface area contributed by atoms with Crippen molar-refractivity contribution in [1.29, 1.82) is 0 Å². The maximum atomic E-state index is 12.7. The normalized spacial score (nSPS) is 16.1. The first-order valence-corrected chi connectivity index (χ1v) is 10.1. The second-order valence-electron chi connectivity index (χ2n) is 6.98. The van der Waals surface area contributed by atoms with Gasteiger partial charge in [0.2, 0.25) is 5.91 Å². The van der Waals surface area contributed by atoms with Crippen LogP contribution in [-0.4, -0.2) is 55.6 Å². The Labute approximate surface area is 162 Å². The lowest BCUT2D eigenvalue weighted by Gasteiger charge is -2.38. The zero-order valence-corrected chi connectivity index (χ0v) is 16.8. The van der Waals surface area contributed by atoms with Crippen molar-refractivity contribution in [3.8, 4) is 0 Å². The third-order valence-electron chi connectivity index (χ3n) is 5.31. The largest absolute Gasteiger partial charge is 0.379 e. The summed E-state index contributed by atoms with van der Waals surface area (Å²) in [6.07, 6.45) is 2.59. The van der Waals surface area contributed by atoms with Crippen LogP contribution in [0.1, 0.15) is 50.4 Å². The van der Waals surface area contributed by atoms with E-state index < -0.39 is 0 Å². The van der Waals surface area contributed by atoms with Crippen LogP contribution in [-0.2, 0) is 9.53 Å². The average molecular weight is 376 g/mol. The molecule has 0 aliphatic carbocycles. The van der Waals surface area contributed by atoms with Crippen LogP contribution in [0.15, 0.2) is 24.3 Å². The molecule has 0 saturated carbocycles. The summed E-state index contributed by atoms with van der Waals surface area (Å²) in [5.74, 6) is 0.374. The lowest BCUT2D eigenvalue weighted by molar-refractivity contribution is -0.115. The van der Waals surface area contributed by atoms with Crippen molar-refractivity contribution in [2.75, 3.05) is 38.2 Å². The summed E-state index contributed by atoms with van der Waals surface area (Å²) >= 11 is 0. The monoisotopic (exact) mass is 375 g/mol. The number of anilines is 1. The molecule has 1 fully saturated rings. The number of nitrogens with one attached hydrogen (secondary N) is 2. The molecular weight excluding hydrogens is 342 g/mol. The van der Waals surface area contributed by atoms with E-state index >= 15 is 0 Å². The smallest absolute Gasteiger partial charge is 0.251 e. The summed E-state index contributed by atoms with van der Waals surface area (Å²) in [7, 11) is 0. The summed E-state index contributed by atoms with van der Waals surface area (Å²) in [5, 5.41) is 5.90. The highest BCUT2D eigenvalue weighted by atomic mass is 16.5. The van der Waals surface area contributed by atoms with E-state index in [0.29, 0.717) is 36.2 Å². The molecule has 1 unspecified atom stereocenters. The third-order valence-corrected chi connectivity index (χ3v) is 5.31. The van der Waals surface area contributed by atoms with Gasteiger partial charge in [-0.25, -0.2) is 0 Å². The summed E-state index contributed by atoms with van der Waals surface area (Å²) in [4.78, 5) is 26.7. The number of carbonyl (C=O) groups is 2. The molecule has 150 valence electrons. The molecule has 0 bridgehead atoms. The minimum absolute atomic E-state index is 0.0614. The van der Waals surface area contributed by atoms with Crippen molar-refractivity contribution < 1.29 is 14.3 Å². The van der Waals surface area contributed by atoms with Gasteiger partial charge in [-0.1, -0.05) is 39.7 Å². The van der Waals surface area contributed by atoms with Crippen LogP contribution >= 0.6 is 0 Å². The van der Waals surface area contributed by atoms with Crippen LogP contribution in [0.25, 0.3) is 0 Å². The van der Waals surface area contributed by atoms with Crippen molar-refractivity contribution >= 4 is 17.5 Å². The van der Waals surface area contributed by atoms with Crippen molar-refractivity contribution in [2.24, 2.45) is 5.92 Å². The Hall–Kier alpha value is -1.92. The highest BCUT2D eigenvalue weighted by Crippen LogP contribution is 2.20. The summed E-state index contributed by atoms with van der Waals surface area (Å²) < 4.78 is 5.48. The molecule has 1 aromatic carbocycles. The van der Waals surface area contributed by atoms with E-state index in [1.54, 1.807) is 31.2 Å². The van der Waals surface area contributed by atoms with Gasteiger partial charge in [0.25, 0.3) is 5.91 Å². The predicted molar refractivity (Wildman–Crippen MR) is 108 cm³/mol. The van der Waals surface area contributed by atoms with Crippen molar-refractivity contribution in [3.63, 3.8) is 0 Å². The van der Waals surface area contributed by atoms with E-state index in [4.69, 9.17) is 4.74 Å². The molecule has 27 heavy (non-hydrogen) atoms. The molecule has 6 nitrogen and oxygen atoms in total. The Balaban J connectivity index is 2.01. The SMILES string of the molecule is CCC(=O)Nc1cccc(C(=O)NCC(C(CC)CC)N2CCOCC2)c1. The summed E-state index contributed by atoms with van der Waals surface area (Å²) in [6, 6.07) is 7.41. The Morgan fingerprint density at radius 3 is 2.48 bits per heavy atom. The molecule has 2 N–H and O–H groups in total. The fourth-order valence-electron chi connectivity index (χ4n) is 3.62. The van der Waals surface area contributed by atoms with E-state index in [2.05, 4.69) is 29.4 Å². The third kappa shape index (κ3) is 6.33. The fourth-order valence-corrected chi connectivity index (χ4v) is 3.62. The first-order chi connectivity index (χ1) is 13.1. The average Bonchev–Trinajstić information content (AvgIpc) is 2.71. The van der Waals surface area contributed by atoms with Gasteiger partial charge in [0.05, 0.1) is 13.2 Å². The summed E-state index contributed by atoms with van der Waals surface area (Å²) in [5.41, 5.74) is 1.22.